The first-order valence-corrected chi connectivity index (χ1v) is 7.42. The van der Waals surface area contributed by atoms with Gasteiger partial charge in [-0.2, -0.15) is 13.2 Å². The SMILES string of the molecule is COc1ccc2c(c1)N(C(=O)c1conc1C(F)(F)F)CCCC2. The van der Waals surface area contributed by atoms with Crippen molar-refractivity contribution in [1.29, 1.82) is 0 Å². The first kappa shape index (κ1) is 16.4. The molecule has 2 heterocycles. The van der Waals surface area contributed by atoms with E-state index in [9.17, 15) is 18.0 Å². The van der Waals surface area contributed by atoms with Gasteiger partial charge in [0.15, 0.2) is 5.69 Å². The molecule has 0 radical (unpaired) electrons. The molecular formula is C16H15F3N2O3. The fourth-order valence-electron chi connectivity index (χ4n) is 2.79. The number of benzene rings is 1. The Morgan fingerprint density at radius 1 is 1.33 bits per heavy atom. The summed E-state index contributed by atoms with van der Waals surface area (Å²) in [6.45, 7) is 0.321. The molecule has 1 aliphatic heterocycles. The van der Waals surface area contributed by atoms with Crippen LogP contribution in [0.25, 0.3) is 0 Å². The molecule has 0 saturated heterocycles. The van der Waals surface area contributed by atoms with E-state index in [0.717, 1.165) is 24.7 Å². The van der Waals surface area contributed by atoms with E-state index in [1.165, 1.54) is 12.0 Å². The van der Waals surface area contributed by atoms with Gasteiger partial charge in [0.1, 0.15) is 17.6 Å². The van der Waals surface area contributed by atoms with Crippen molar-refractivity contribution in [3.63, 3.8) is 0 Å². The molecule has 0 spiro atoms. The molecule has 0 saturated carbocycles. The van der Waals surface area contributed by atoms with Crippen molar-refractivity contribution in [1.82, 2.24) is 5.16 Å². The van der Waals surface area contributed by atoms with E-state index in [4.69, 9.17) is 4.74 Å². The number of halogens is 3. The van der Waals surface area contributed by atoms with E-state index < -0.39 is 23.3 Å². The number of fused-ring (bicyclic) bond motifs is 1. The van der Waals surface area contributed by atoms with E-state index in [1.54, 1.807) is 12.1 Å². The third kappa shape index (κ3) is 2.95. The molecule has 0 atom stereocenters. The monoisotopic (exact) mass is 340 g/mol. The molecule has 0 fully saturated rings. The molecule has 5 nitrogen and oxygen atoms in total. The second-order valence-corrected chi connectivity index (χ2v) is 5.48. The molecule has 8 heteroatoms. The number of methoxy groups -OCH3 is 1. The predicted molar refractivity (Wildman–Crippen MR) is 79.1 cm³/mol. The molecule has 1 aromatic carbocycles. The Labute approximate surface area is 136 Å². The summed E-state index contributed by atoms with van der Waals surface area (Å²) in [5.74, 6) is -0.241. The summed E-state index contributed by atoms with van der Waals surface area (Å²) >= 11 is 0. The largest absolute Gasteiger partial charge is 0.497 e. The van der Waals surface area contributed by atoms with Crippen LogP contribution >= 0.6 is 0 Å². The van der Waals surface area contributed by atoms with Crippen LogP contribution in [0.3, 0.4) is 0 Å². The highest BCUT2D eigenvalue weighted by Crippen LogP contribution is 2.35. The van der Waals surface area contributed by atoms with E-state index in [2.05, 4.69) is 9.68 Å². The standard InChI is InChI=1S/C16H15F3N2O3/c1-23-11-6-5-10-4-2-3-7-21(13(10)8-11)15(22)12-9-24-20-14(12)16(17,18)19/h5-6,8-9H,2-4,7H2,1H3. The number of nitrogens with zero attached hydrogens (tertiary/aromatic N) is 2. The maximum atomic E-state index is 13.0. The van der Waals surface area contributed by atoms with Crippen LogP contribution in [0, 0.1) is 0 Å². The maximum absolute atomic E-state index is 13.0. The Kier molecular flexibility index (Phi) is 4.21. The molecular weight excluding hydrogens is 325 g/mol. The van der Waals surface area contributed by atoms with Gasteiger partial charge in [-0.05, 0) is 30.9 Å². The first-order valence-electron chi connectivity index (χ1n) is 7.42. The zero-order valence-electron chi connectivity index (χ0n) is 12.9. The van der Waals surface area contributed by atoms with Gasteiger partial charge in [-0.3, -0.25) is 4.79 Å². The van der Waals surface area contributed by atoms with Crippen molar-refractivity contribution in [2.75, 3.05) is 18.6 Å². The molecule has 1 aromatic heterocycles. The van der Waals surface area contributed by atoms with Gasteiger partial charge in [-0.1, -0.05) is 11.2 Å². The Morgan fingerprint density at radius 3 is 2.83 bits per heavy atom. The highest BCUT2D eigenvalue weighted by atomic mass is 19.4. The average Bonchev–Trinajstić information content (AvgIpc) is 2.96. The van der Waals surface area contributed by atoms with Gasteiger partial charge in [0.05, 0.1) is 12.8 Å². The van der Waals surface area contributed by atoms with Crippen LogP contribution in [0.15, 0.2) is 29.0 Å². The molecule has 2 aromatic rings. The maximum Gasteiger partial charge on any atom is 0.437 e. The fraction of sp³-hybridized carbons (Fsp3) is 0.375. The number of rotatable bonds is 2. The average molecular weight is 340 g/mol. The van der Waals surface area contributed by atoms with Crippen LogP contribution in [0.1, 0.15) is 34.5 Å². The zero-order valence-corrected chi connectivity index (χ0v) is 12.9. The lowest BCUT2D eigenvalue weighted by Gasteiger charge is -2.23. The number of amides is 1. The number of anilines is 1. The smallest absolute Gasteiger partial charge is 0.437 e. The van der Waals surface area contributed by atoms with E-state index in [0.29, 0.717) is 24.4 Å². The Morgan fingerprint density at radius 2 is 2.12 bits per heavy atom. The molecule has 1 aliphatic rings. The third-order valence-corrected chi connectivity index (χ3v) is 3.97. The van der Waals surface area contributed by atoms with E-state index in [1.807, 2.05) is 6.07 Å². The molecule has 1 amide bonds. The molecule has 0 bridgehead atoms. The fourth-order valence-corrected chi connectivity index (χ4v) is 2.79. The van der Waals surface area contributed by atoms with Crippen LogP contribution in [0.5, 0.6) is 5.75 Å². The number of aromatic nitrogens is 1. The number of ether oxygens (including phenoxy) is 1. The van der Waals surface area contributed by atoms with Crippen LogP contribution in [-0.4, -0.2) is 24.7 Å². The molecule has 24 heavy (non-hydrogen) atoms. The Bertz CT molecular complexity index is 755. The summed E-state index contributed by atoms with van der Waals surface area (Å²) in [5.41, 5.74) is -0.433. The summed E-state index contributed by atoms with van der Waals surface area (Å²) in [6.07, 6.45) is -1.72. The van der Waals surface area contributed by atoms with Crippen LogP contribution in [0.2, 0.25) is 0 Å². The number of hydrogen-bond acceptors (Lipinski definition) is 4. The summed E-state index contributed by atoms with van der Waals surface area (Å²) in [6, 6.07) is 5.27. The molecule has 0 unspecified atom stereocenters. The van der Waals surface area contributed by atoms with Crippen LogP contribution in [-0.2, 0) is 12.6 Å². The van der Waals surface area contributed by atoms with Gasteiger partial charge in [-0.25, -0.2) is 0 Å². The number of carbonyl (C=O) groups excluding carboxylic acids is 1. The number of carbonyl (C=O) groups is 1. The normalized spacial score (nSPS) is 14.9. The van der Waals surface area contributed by atoms with Gasteiger partial charge in [-0.15, -0.1) is 0 Å². The predicted octanol–water partition coefficient (Wildman–Crippen LogP) is 3.69. The third-order valence-electron chi connectivity index (χ3n) is 3.97. The lowest BCUT2D eigenvalue weighted by molar-refractivity contribution is -0.143. The summed E-state index contributed by atoms with van der Waals surface area (Å²) in [5, 5.41) is 2.94. The first-order chi connectivity index (χ1) is 11.4. The van der Waals surface area contributed by atoms with Crippen LogP contribution in [0.4, 0.5) is 18.9 Å². The summed E-state index contributed by atoms with van der Waals surface area (Å²) in [7, 11) is 1.49. The van der Waals surface area contributed by atoms with Crippen molar-refractivity contribution in [2.45, 2.75) is 25.4 Å². The number of hydrogen-bond donors (Lipinski definition) is 0. The second-order valence-electron chi connectivity index (χ2n) is 5.48. The van der Waals surface area contributed by atoms with Gasteiger partial charge in [0, 0.05) is 12.6 Å². The number of alkyl halides is 3. The minimum Gasteiger partial charge on any atom is -0.497 e. The molecule has 3 rings (SSSR count). The second kappa shape index (κ2) is 6.18. The summed E-state index contributed by atoms with van der Waals surface area (Å²) < 4.78 is 48.5. The zero-order chi connectivity index (χ0) is 17.3. The Hall–Kier alpha value is -2.51. The number of aryl methyl sites for hydroxylation is 1. The lowest BCUT2D eigenvalue weighted by atomic mass is 10.1. The Balaban J connectivity index is 2.04. The van der Waals surface area contributed by atoms with E-state index >= 15 is 0 Å². The molecule has 128 valence electrons. The van der Waals surface area contributed by atoms with Crippen LogP contribution < -0.4 is 9.64 Å². The molecule has 0 N–H and O–H groups in total. The van der Waals surface area contributed by atoms with Crippen molar-refractivity contribution in [2.24, 2.45) is 0 Å². The van der Waals surface area contributed by atoms with Crippen molar-refractivity contribution >= 4 is 11.6 Å². The van der Waals surface area contributed by atoms with Gasteiger partial charge < -0.3 is 14.2 Å². The van der Waals surface area contributed by atoms with E-state index in [-0.39, 0.29) is 0 Å². The minimum absolute atomic E-state index is 0.321. The van der Waals surface area contributed by atoms with Crippen molar-refractivity contribution < 1.29 is 27.2 Å². The van der Waals surface area contributed by atoms with Crippen molar-refractivity contribution in [3.8, 4) is 5.75 Å². The lowest BCUT2D eigenvalue weighted by Crippen LogP contribution is -2.33. The highest BCUT2D eigenvalue weighted by molar-refractivity contribution is 6.07. The quantitative estimate of drug-likeness (QED) is 0.837. The topological polar surface area (TPSA) is 55.6 Å². The molecule has 0 aliphatic carbocycles. The summed E-state index contributed by atoms with van der Waals surface area (Å²) in [4.78, 5) is 14.1. The van der Waals surface area contributed by atoms with Gasteiger partial charge >= 0.3 is 6.18 Å². The van der Waals surface area contributed by atoms with Gasteiger partial charge in [0.2, 0.25) is 0 Å². The van der Waals surface area contributed by atoms with Gasteiger partial charge in [0.25, 0.3) is 5.91 Å². The minimum atomic E-state index is -4.75. The highest BCUT2D eigenvalue weighted by Gasteiger charge is 2.41. The van der Waals surface area contributed by atoms with Crippen molar-refractivity contribution in [3.05, 3.63) is 41.3 Å².